The van der Waals surface area contributed by atoms with Crippen LogP contribution in [-0.4, -0.2) is 27.6 Å². The maximum atomic E-state index is 13.0. The highest BCUT2D eigenvalue weighted by Crippen LogP contribution is 2.29. The van der Waals surface area contributed by atoms with Gasteiger partial charge in [0.05, 0.1) is 22.4 Å². The Morgan fingerprint density at radius 2 is 1.68 bits per heavy atom. The van der Waals surface area contributed by atoms with Gasteiger partial charge in [-0.2, -0.15) is 0 Å². The summed E-state index contributed by atoms with van der Waals surface area (Å²) in [5.41, 5.74) is 5.29. The van der Waals surface area contributed by atoms with Crippen molar-refractivity contribution in [1.29, 1.82) is 0 Å². The number of aryl methyl sites for hydroxylation is 1. The lowest BCUT2D eigenvalue weighted by Crippen LogP contribution is -2.25. The molecular weight excluding hydrogens is 448 g/mol. The molecule has 1 aliphatic heterocycles. The lowest BCUT2D eigenvalue weighted by molar-refractivity contribution is -0.117. The maximum absolute atomic E-state index is 13.0. The van der Waals surface area contributed by atoms with Crippen molar-refractivity contribution in [2.75, 3.05) is 5.32 Å². The summed E-state index contributed by atoms with van der Waals surface area (Å²) < 4.78 is 0. The maximum Gasteiger partial charge on any atom is 0.323 e. The SMILES string of the molecule is CC.O=C1Nc2ccc(Cl)cc2C(c2ccc3[nH]c(=O)[nH]c3c2)=NC1CCCc1ccccc1. The number of nitrogens with zero attached hydrogens (tertiary/aromatic N) is 1. The molecule has 174 valence electrons. The second-order valence-electron chi connectivity index (χ2n) is 7.89. The molecule has 1 amide bonds. The van der Waals surface area contributed by atoms with E-state index in [4.69, 9.17) is 16.6 Å². The highest BCUT2D eigenvalue weighted by Gasteiger charge is 2.26. The minimum atomic E-state index is -0.527. The zero-order valence-corrected chi connectivity index (χ0v) is 19.9. The molecule has 4 aromatic rings. The van der Waals surface area contributed by atoms with Crippen molar-refractivity contribution in [1.82, 2.24) is 9.97 Å². The van der Waals surface area contributed by atoms with Gasteiger partial charge in [0, 0.05) is 16.1 Å². The molecule has 0 bridgehead atoms. The average Bonchev–Trinajstić information content (AvgIpc) is 3.17. The number of aromatic nitrogens is 2. The molecule has 1 aliphatic rings. The number of benzene rings is 3. The van der Waals surface area contributed by atoms with Crippen molar-refractivity contribution >= 4 is 39.9 Å². The number of hydrogen-bond donors (Lipinski definition) is 3. The lowest BCUT2D eigenvalue weighted by atomic mass is 10.00. The van der Waals surface area contributed by atoms with E-state index >= 15 is 0 Å². The Bertz CT molecular complexity index is 1390. The first-order valence-electron chi connectivity index (χ1n) is 11.5. The van der Waals surface area contributed by atoms with Gasteiger partial charge >= 0.3 is 5.69 Å². The Morgan fingerprint density at radius 3 is 2.47 bits per heavy atom. The minimum absolute atomic E-state index is 0.132. The van der Waals surface area contributed by atoms with Crippen molar-refractivity contribution < 1.29 is 4.79 Å². The van der Waals surface area contributed by atoms with Crippen molar-refractivity contribution in [3.05, 3.63) is 98.9 Å². The summed E-state index contributed by atoms with van der Waals surface area (Å²) in [7, 11) is 0. The van der Waals surface area contributed by atoms with E-state index in [1.807, 2.05) is 56.3 Å². The van der Waals surface area contributed by atoms with Crippen LogP contribution in [-0.2, 0) is 11.2 Å². The zero-order valence-electron chi connectivity index (χ0n) is 19.2. The first-order chi connectivity index (χ1) is 16.6. The van der Waals surface area contributed by atoms with Crippen LogP contribution in [0.1, 0.15) is 43.4 Å². The number of amides is 1. The number of rotatable bonds is 5. The molecule has 3 aromatic carbocycles. The van der Waals surface area contributed by atoms with Gasteiger partial charge in [0.15, 0.2) is 0 Å². The molecule has 5 rings (SSSR count). The standard InChI is InChI=1S/C25H21ClN4O2.C2H6/c26-17-10-12-19-18(14-17)23(16-9-11-20-22(13-16)30-25(32)29-20)27-21(24(31)28-19)8-4-7-15-5-2-1-3-6-15;1-2/h1-3,5-6,9-14,21H,4,7-8H2,(H,28,31)(H2,29,30,32);1-2H3. The van der Waals surface area contributed by atoms with E-state index in [-0.39, 0.29) is 11.6 Å². The predicted molar refractivity (Wildman–Crippen MR) is 139 cm³/mol. The van der Waals surface area contributed by atoms with E-state index in [0.29, 0.717) is 33.9 Å². The average molecular weight is 475 g/mol. The Morgan fingerprint density at radius 1 is 0.912 bits per heavy atom. The van der Waals surface area contributed by atoms with Crippen LogP contribution in [0.15, 0.2) is 76.5 Å². The number of nitrogens with one attached hydrogen (secondary N) is 3. The number of imidazole rings is 1. The van der Waals surface area contributed by atoms with Crippen LogP contribution in [0.4, 0.5) is 5.69 Å². The summed E-state index contributed by atoms with van der Waals surface area (Å²) in [5, 5.41) is 3.57. The van der Waals surface area contributed by atoms with Gasteiger partial charge in [0.25, 0.3) is 0 Å². The third kappa shape index (κ3) is 5.13. The fourth-order valence-electron chi connectivity index (χ4n) is 4.07. The number of aromatic amines is 2. The fourth-order valence-corrected chi connectivity index (χ4v) is 4.24. The molecule has 1 aromatic heterocycles. The molecule has 34 heavy (non-hydrogen) atoms. The Balaban J connectivity index is 0.00000133. The topological polar surface area (TPSA) is 90.1 Å². The molecule has 0 radical (unpaired) electrons. The Labute approximate surface area is 203 Å². The van der Waals surface area contributed by atoms with E-state index in [0.717, 1.165) is 24.0 Å². The first kappa shape index (κ1) is 23.5. The molecule has 0 saturated carbocycles. The molecule has 0 spiro atoms. The van der Waals surface area contributed by atoms with Crippen LogP contribution in [0.25, 0.3) is 11.0 Å². The van der Waals surface area contributed by atoms with Gasteiger partial charge in [-0.3, -0.25) is 9.79 Å². The van der Waals surface area contributed by atoms with Crippen LogP contribution in [0.5, 0.6) is 0 Å². The molecule has 0 saturated heterocycles. The number of H-pyrrole nitrogens is 2. The molecule has 0 aliphatic carbocycles. The van der Waals surface area contributed by atoms with Crippen LogP contribution in [0.2, 0.25) is 5.02 Å². The number of carbonyl (C=O) groups excluding carboxylic acids is 1. The molecule has 6 nitrogen and oxygen atoms in total. The highest BCUT2D eigenvalue weighted by molar-refractivity contribution is 6.32. The number of carbonyl (C=O) groups is 1. The lowest BCUT2D eigenvalue weighted by Gasteiger charge is -2.11. The highest BCUT2D eigenvalue weighted by atomic mass is 35.5. The van der Waals surface area contributed by atoms with Crippen molar-refractivity contribution in [2.45, 2.75) is 39.2 Å². The molecule has 2 heterocycles. The van der Waals surface area contributed by atoms with Crippen molar-refractivity contribution in [2.24, 2.45) is 4.99 Å². The number of fused-ring (bicyclic) bond motifs is 2. The Kier molecular flexibility index (Phi) is 7.28. The summed E-state index contributed by atoms with van der Waals surface area (Å²) in [6.07, 6.45) is 2.33. The number of halogens is 1. The van der Waals surface area contributed by atoms with E-state index in [9.17, 15) is 9.59 Å². The Hall–Kier alpha value is -3.64. The van der Waals surface area contributed by atoms with Gasteiger partial charge in [-0.25, -0.2) is 4.79 Å². The number of anilines is 1. The third-order valence-electron chi connectivity index (χ3n) is 5.66. The monoisotopic (exact) mass is 474 g/mol. The molecule has 1 unspecified atom stereocenters. The van der Waals surface area contributed by atoms with E-state index in [1.54, 1.807) is 12.1 Å². The molecule has 0 fully saturated rings. The predicted octanol–water partition coefficient (Wildman–Crippen LogP) is 5.72. The first-order valence-corrected chi connectivity index (χ1v) is 11.9. The third-order valence-corrected chi connectivity index (χ3v) is 5.89. The second kappa shape index (κ2) is 10.5. The fraction of sp³-hybridized carbons (Fsp3) is 0.222. The summed E-state index contributed by atoms with van der Waals surface area (Å²) in [6.45, 7) is 4.00. The summed E-state index contributed by atoms with van der Waals surface area (Å²) in [4.78, 5) is 35.1. The quantitative estimate of drug-likeness (QED) is 0.345. The molecule has 7 heteroatoms. The van der Waals surface area contributed by atoms with Gasteiger partial charge in [0.1, 0.15) is 6.04 Å². The van der Waals surface area contributed by atoms with E-state index in [1.165, 1.54) is 5.56 Å². The summed E-state index contributed by atoms with van der Waals surface area (Å²) in [6, 6.07) is 20.6. The van der Waals surface area contributed by atoms with Gasteiger partial charge in [0.2, 0.25) is 5.91 Å². The van der Waals surface area contributed by atoms with Crippen molar-refractivity contribution in [3.8, 4) is 0 Å². The summed E-state index contributed by atoms with van der Waals surface area (Å²) in [5.74, 6) is -0.132. The normalized spacial score (nSPS) is 15.0. The van der Waals surface area contributed by atoms with E-state index < -0.39 is 6.04 Å². The van der Waals surface area contributed by atoms with Gasteiger partial charge in [-0.05, 0) is 55.2 Å². The molecule has 1 atom stereocenters. The van der Waals surface area contributed by atoms with E-state index in [2.05, 4.69) is 27.4 Å². The van der Waals surface area contributed by atoms with Crippen molar-refractivity contribution in [3.63, 3.8) is 0 Å². The van der Waals surface area contributed by atoms with Gasteiger partial charge in [-0.15, -0.1) is 0 Å². The van der Waals surface area contributed by atoms with Crippen LogP contribution in [0.3, 0.4) is 0 Å². The molecular formula is C27H27ClN4O2. The number of hydrogen-bond acceptors (Lipinski definition) is 3. The largest absolute Gasteiger partial charge is 0.324 e. The van der Waals surface area contributed by atoms with Gasteiger partial charge in [-0.1, -0.05) is 61.8 Å². The molecule has 3 N–H and O–H groups in total. The minimum Gasteiger partial charge on any atom is -0.324 e. The van der Waals surface area contributed by atoms with Crippen LogP contribution >= 0.6 is 11.6 Å². The summed E-state index contributed by atoms with van der Waals surface area (Å²) >= 11 is 6.29. The number of benzodiazepines with no additional fused rings is 1. The second-order valence-corrected chi connectivity index (χ2v) is 8.33. The zero-order chi connectivity index (χ0) is 24.1. The van der Waals surface area contributed by atoms with Crippen LogP contribution < -0.4 is 11.0 Å². The van der Waals surface area contributed by atoms with Crippen LogP contribution in [0, 0.1) is 0 Å². The van der Waals surface area contributed by atoms with Gasteiger partial charge < -0.3 is 15.3 Å². The number of aliphatic imine (C=N–C) groups is 1. The smallest absolute Gasteiger partial charge is 0.323 e.